The Balaban J connectivity index is 1.44. The van der Waals surface area contributed by atoms with Gasteiger partial charge >= 0.3 is 0 Å². The summed E-state index contributed by atoms with van der Waals surface area (Å²) in [5.74, 6) is 0.951. The number of aromatic hydroxyl groups is 1. The van der Waals surface area contributed by atoms with Gasteiger partial charge in [0.15, 0.2) is 0 Å². The third-order valence-corrected chi connectivity index (χ3v) is 7.31. The summed E-state index contributed by atoms with van der Waals surface area (Å²) in [7, 11) is 0. The number of fused-ring (bicyclic) bond motifs is 3. The van der Waals surface area contributed by atoms with E-state index in [0.717, 1.165) is 66.7 Å². The van der Waals surface area contributed by atoms with Crippen LogP contribution in [-0.2, 0) is 24.7 Å². The van der Waals surface area contributed by atoms with Crippen LogP contribution in [0.2, 0.25) is 5.02 Å². The van der Waals surface area contributed by atoms with Crippen LogP contribution in [0.4, 0.5) is 4.39 Å². The van der Waals surface area contributed by atoms with Crippen LogP contribution in [0, 0.1) is 5.82 Å². The SMILES string of the molecule is Oc1ccc2c(c1)CCc1c-2noc1CCC1(c2ccc(F)cc2Cl)CCCCC1. The van der Waals surface area contributed by atoms with Crippen LogP contribution in [-0.4, -0.2) is 10.3 Å². The van der Waals surface area contributed by atoms with Crippen molar-refractivity contribution in [1.29, 1.82) is 0 Å². The van der Waals surface area contributed by atoms with E-state index in [4.69, 9.17) is 16.1 Å². The molecule has 2 aliphatic rings. The molecule has 30 heavy (non-hydrogen) atoms. The zero-order valence-corrected chi connectivity index (χ0v) is 17.6. The molecule has 0 bridgehead atoms. The first kappa shape index (κ1) is 19.6. The highest BCUT2D eigenvalue weighted by atomic mass is 35.5. The van der Waals surface area contributed by atoms with Crippen molar-refractivity contribution in [3.05, 3.63) is 69.7 Å². The smallest absolute Gasteiger partial charge is 0.140 e. The third kappa shape index (κ3) is 3.41. The fourth-order valence-corrected chi connectivity index (χ4v) is 5.81. The normalized spacial score (nSPS) is 17.4. The summed E-state index contributed by atoms with van der Waals surface area (Å²) < 4.78 is 19.5. The lowest BCUT2D eigenvalue weighted by atomic mass is 9.66. The second-order valence-corrected chi connectivity index (χ2v) is 9.15. The number of halogens is 2. The lowest BCUT2D eigenvalue weighted by molar-refractivity contribution is 0.263. The Morgan fingerprint density at radius 3 is 2.70 bits per heavy atom. The van der Waals surface area contributed by atoms with Crippen molar-refractivity contribution < 1.29 is 14.0 Å². The van der Waals surface area contributed by atoms with Gasteiger partial charge in [0.25, 0.3) is 0 Å². The summed E-state index contributed by atoms with van der Waals surface area (Å²) in [4.78, 5) is 0. The molecule has 1 fully saturated rings. The summed E-state index contributed by atoms with van der Waals surface area (Å²) in [5, 5.41) is 14.7. The van der Waals surface area contributed by atoms with Gasteiger partial charge in [-0.05, 0) is 79.0 Å². The fraction of sp³-hybridized carbons (Fsp3) is 0.400. The van der Waals surface area contributed by atoms with E-state index in [1.807, 2.05) is 18.2 Å². The Bertz CT molecular complexity index is 1080. The standard InChI is InChI=1S/C25H25ClFNO2/c26-22-15-17(27)5-9-21(22)25(11-2-1-3-12-25)13-10-23-20-7-4-16-14-18(29)6-8-19(16)24(20)28-30-23/h5-6,8-9,14-15,29H,1-4,7,10-13H2. The van der Waals surface area contributed by atoms with Crippen molar-refractivity contribution >= 4 is 11.6 Å². The predicted molar refractivity (Wildman–Crippen MR) is 116 cm³/mol. The summed E-state index contributed by atoms with van der Waals surface area (Å²) in [6.07, 6.45) is 9.16. The topological polar surface area (TPSA) is 46.3 Å². The molecule has 2 aromatic carbocycles. The molecule has 0 unspecified atom stereocenters. The highest BCUT2D eigenvalue weighted by molar-refractivity contribution is 6.31. The number of hydrogen-bond donors (Lipinski definition) is 1. The van der Waals surface area contributed by atoms with Crippen molar-refractivity contribution in [1.82, 2.24) is 5.16 Å². The molecule has 3 nitrogen and oxygen atoms in total. The second-order valence-electron chi connectivity index (χ2n) is 8.74. The number of hydrogen-bond acceptors (Lipinski definition) is 3. The van der Waals surface area contributed by atoms with Gasteiger partial charge in [0.1, 0.15) is 23.0 Å². The maximum absolute atomic E-state index is 13.7. The van der Waals surface area contributed by atoms with Crippen LogP contribution in [0.1, 0.15) is 61.0 Å². The molecule has 0 atom stereocenters. The molecule has 1 aromatic heterocycles. The number of aromatic nitrogens is 1. The summed E-state index contributed by atoms with van der Waals surface area (Å²) in [6.45, 7) is 0. The Morgan fingerprint density at radius 2 is 1.90 bits per heavy atom. The summed E-state index contributed by atoms with van der Waals surface area (Å²) >= 11 is 6.50. The van der Waals surface area contributed by atoms with Crippen LogP contribution in [0.15, 0.2) is 40.9 Å². The molecular formula is C25H25ClFNO2. The van der Waals surface area contributed by atoms with Gasteiger partial charge in [0.05, 0.1) is 0 Å². The van der Waals surface area contributed by atoms with Gasteiger partial charge in [0, 0.05) is 22.6 Å². The number of rotatable bonds is 4. The second kappa shape index (κ2) is 7.73. The van der Waals surface area contributed by atoms with Crippen molar-refractivity contribution in [2.24, 2.45) is 0 Å². The molecule has 5 heteroatoms. The lowest BCUT2D eigenvalue weighted by Crippen LogP contribution is -2.30. The Morgan fingerprint density at radius 1 is 1.07 bits per heavy atom. The maximum Gasteiger partial charge on any atom is 0.140 e. The molecule has 2 aliphatic carbocycles. The maximum atomic E-state index is 13.7. The van der Waals surface area contributed by atoms with Gasteiger partial charge in [-0.15, -0.1) is 0 Å². The number of phenols is 1. The van der Waals surface area contributed by atoms with Crippen LogP contribution in [0.25, 0.3) is 11.3 Å². The highest BCUT2D eigenvalue weighted by Crippen LogP contribution is 2.46. The molecule has 156 valence electrons. The van der Waals surface area contributed by atoms with Crippen LogP contribution in [0.3, 0.4) is 0 Å². The van der Waals surface area contributed by atoms with Crippen molar-refractivity contribution in [3.8, 4) is 17.0 Å². The van der Waals surface area contributed by atoms with Gasteiger partial charge in [-0.25, -0.2) is 4.39 Å². The van der Waals surface area contributed by atoms with E-state index in [0.29, 0.717) is 5.02 Å². The minimum absolute atomic E-state index is 0.0406. The van der Waals surface area contributed by atoms with E-state index in [2.05, 4.69) is 5.16 Å². The van der Waals surface area contributed by atoms with Crippen LogP contribution >= 0.6 is 11.6 Å². The zero-order valence-electron chi connectivity index (χ0n) is 16.9. The first-order valence-corrected chi connectivity index (χ1v) is 11.2. The van der Waals surface area contributed by atoms with Gasteiger partial charge in [-0.1, -0.05) is 42.1 Å². The minimum atomic E-state index is -0.288. The highest BCUT2D eigenvalue weighted by Gasteiger charge is 2.36. The average Bonchev–Trinajstić information content (AvgIpc) is 3.16. The number of nitrogens with zero attached hydrogens (tertiary/aromatic N) is 1. The molecule has 3 aromatic rings. The molecule has 5 rings (SSSR count). The van der Waals surface area contributed by atoms with E-state index >= 15 is 0 Å². The molecular weight excluding hydrogens is 401 g/mol. The van der Waals surface area contributed by atoms with Gasteiger partial charge in [-0.3, -0.25) is 0 Å². The number of aryl methyl sites for hydroxylation is 2. The molecule has 0 amide bonds. The van der Waals surface area contributed by atoms with E-state index in [1.54, 1.807) is 6.07 Å². The minimum Gasteiger partial charge on any atom is -0.508 e. The first-order valence-electron chi connectivity index (χ1n) is 10.8. The van der Waals surface area contributed by atoms with E-state index in [-0.39, 0.29) is 17.0 Å². The van der Waals surface area contributed by atoms with Gasteiger partial charge < -0.3 is 9.63 Å². The molecule has 1 saturated carbocycles. The van der Waals surface area contributed by atoms with Crippen LogP contribution in [0.5, 0.6) is 5.75 Å². The van der Waals surface area contributed by atoms with Gasteiger partial charge in [-0.2, -0.15) is 0 Å². The largest absolute Gasteiger partial charge is 0.508 e. The molecule has 1 N–H and O–H groups in total. The fourth-order valence-electron chi connectivity index (χ4n) is 5.44. The van der Waals surface area contributed by atoms with Crippen LogP contribution < -0.4 is 0 Å². The van der Waals surface area contributed by atoms with Crippen molar-refractivity contribution in [2.75, 3.05) is 0 Å². The predicted octanol–water partition coefficient (Wildman–Crippen LogP) is 6.77. The van der Waals surface area contributed by atoms with Gasteiger partial charge in [0.2, 0.25) is 0 Å². The summed E-state index contributed by atoms with van der Waals surface area (Å²) in [5.41, 5.74) is 5.29. The number of phenolic OH excluding ortho intramolecular Hbond substituents is 1. The molecule has 1 heterocycles. The molecule has 0 saturated heterocycles. The van der Waals surface area contributed by atoms with Crippen molar-refractivity contribution in [2.45, 2.75) is 63.2 Å². The Hall–Kier alpha value is -2.33. The quantitative estimate of drug-likeness (QED) is 0.501. The lowest BCUT2D eigenvalue weighted by Gasteiger charge is -2.38. The molecule has 0 spiro atoms. The van der Waals surface area contributed by atoms with Crippen molar-refractivity contribution in [3.63, 3.8) is 0 Å². The van der Waals surface area contributed by atoms with E-state index < -0.39 is 0 Å². The number of benzene rings is 2. The third-order valence-electron chi connectivity index (χ3n) is 7.00. The van der Waals surface area contributed by atoms with E-state index in [9.17, 15) is 9.50 Å². The molecule has 0 radical (unpaired) electrons. The molecule has 0 aliphatic heterocycles. The zero-order chi connectivity index (χ0) is 20.7. The Labute approximate surface area is 180 Å². The average molecular weight is 426 g/mol. The van der Waals surface area contributed by atoms with E-state index in [1.165, 1.54) is 37.0 Å². The summed E-state index contributed by atoms with van der Waals surface area (Å²) in [6, 6.07) is 10.3. The monoisotopic (exact) mass is 425 g/mol. The Kier molecular flexibility index (Phi) is 5.06. The first-order chi connectivity index (χ1) is 14.6.